The van der Waals surface area contributed by atoms with E-state index in [-0.39, 0.29) is 0 Å². The molecule has 1 N–H and O–H groups in total. The summed E-state index contributed by atoms with van der Waals surface area (Å²) in [6.07, 6.45) is 0. The van der Waals surface area contributed by atoms with Crippen LogP contribution in [0.4, 0.5) is 0 Å². The Kier molecular flexibility index (Phi) is 8.60. The van der Waals surface area contributed by atoms with Gasteiger partial charge in [-0.15, -0.1) is 0 Å². The van der Waals surface area contributed by atoms with Gasteiger partial charge in [-0.25, -0.2) is 0 Å². The minimum Gasteiger partial charge on any atom is -0.456 e. The molecule has 9 heteroatoms. The first-order valence-corrected chi connectivity index (χ1v) is 20.9. The van der Waals surface area contributed by atoms with Gasteiger partial charge in [0, 0.05) is 35.8 Å². The molecule has 0 unspecified atom stereocenters. The molecule has 0 aromatic heterocycles. The minimum absolute atomic E-state index is 0.602. The minimum atomic E-state index is -3.25. The zero-order chi connectivity index (χ0) is 37.1. The molecule has 264 valence electrons. The number of hydrogen-bond acceptors (Lipinski definition) is 6. The maximum atomic E-state index is 15.3. The van der Waals surface area contributed by atoms with Crippen LogP contribution in [0.15, 0.2) is 131 Å². The van der Waals surface area contributed by atoms with E-state index < -0.39 is 14.3 Å². The summed E-state index contributed by atoms with van der Waals surface area (Å²) >= 11 is 0. The number of fused-ring (bicyclic) bond motifs is 4. The summed E-state index contributed by atoms with van der Waals surface area (Å²) in [6, 6.07) is 38.9. The molecule has 0 radical (unpaired) electrons. The van der Waals surface area contributed by atoms with E-state index in [1.165, 1.54) is 0 Å². The Morgan fingerprint density at radius 3 is 1.00 bits per heavy atom. The third-order valence-electron chi connectivity index (χ3n) is 9.95. The molecule has 2 aliphatic rings. The van der Waals surface area contributed by atoms with Gasteiger partial charge in [-0.3, -0.25) is 9.98 Å². The second kappa shape index (κ2) is 13.2. The number of aryl methyl sites for hydroxylation is 4. The molecular formula is C44H39N3O4P2. The summed E-state index contributed by atoms with van der Waals surface area (Å²) in [7, 11) is -3.05. The lowest BCUT2D eigenvalue weighted by atomic mass is 10.1. The van der Waals surface area contributed by atoms with Crippen LogP contribution in [-0.4, -0.2) is 25.8 Å². The van der Waals surface area contributed by atoms with Crippen LogP contribution in [0.1, 0.15) is 33.4 Å². The summed E-state index contributed by atoms with van der Waals surface area (Å²) in [5.74, 6) is 3.67. The Morgan fingerprint density at radius 1 is 0.453 bits per heavy atom. The molecule has 2 aliphatic heterocycles. The molecule has 0 saturated heterocycles. The van der Waals surface area contributed by atoms with Crippen molar-refractivity contribution in [1.29, 1.82) is 0 Å². The molecule has 6 aromatic carbocycles. The van der Waals surface area contributed by atoms with Gasteiger partial charge >= 0.3 is 0 Å². The number of benzene rings is 6. The number of amidine groups is 2. The molecule has 0 fully saturated rings. The molecule has 8 rings (SSSR count). The number of hydrogen-bond donors (Lipinski definition) is 1. The molecule has 0 atom stereocenters. The molecule has 2 heterocycles. The smallest absolute Gasteiger partial charge is 0.178 e. The van der Waals surface area contributed by atoms with Crippen LogP contribution in [0.2, 0.25) is 0 Å². The summed E-state index contributed by atoms with van der Waals surface area (Å²) < 4.78 is 43.1. The SMILES string of the molecule is CN=C(NC(=NC)c1ccc(P2(=O)c3cc(C)ccc3Oc3ccc(C)cc32)cc1)c1ccc(P2(=O)c3cc(C)ccc3Oc3ccc(C)cc32)cc1. The molecule has 6 aromatic rings. The van der Waals surface area contributed by atoms with Gasteiger partial charge in [0.05, 0.1) is 21.2 Å². The Bertz CT molecular complexity index is 2320. The molecule has 7 nitrogen and oxygen atoms in total. The lowest BCUT2D eigenvalue weighted by Crippen LogP contribution is -2.34. The zero-order valence-corrected chi connectivity index (χ0v) is 32.3. The number of rotatable bonds is 4. The highest BCUT2D eigenvalue weighted by molar-refractivity contribution is 7.86. The Morgan fingerprint density at radius 2 is 0.736 bits per heavy atom. The van der Waals surface area contributed by atoms with Crippen LogP contribution >= 0.6 is 14.3 Å². The Labute approximate surface area is 310 Å². The van der Waals surface area contributed by atoms with Crippen molar-refractivity contribution in [3.63, 3.8) is 0 Å². The Balaban J connectivity index is 1.10. The largest absolute Gasteiger partial charge is 0.456 e. The van der Waals surface area contributed by atoms with E-state index in [9.17, 15) is 0 Å². The average Bonchev–Trinajstić information content (AvgIpc) is 3.17. The second-order valence-electron chi connectivity index (χ2n) is 13.7. The van der Waals surface area contributed by atoms with Crippen LogP contribution < -0.4 is 46.6 Å². The predicted molar refractivity (Wildman–Crippen MR) is 219 cm³/mol. The van der Waals surface area contributed by atoms with Gasteiger partial charge in [0.1, 0.15) is 34.7 Å². The van der Waals surface area contributed by atoms with E-state index in [1.54, 1.807) is 14.1 Å². The van der Waals surface area contributed by atoms with Gasteiger partial charge in [0.25, 0.3) is 0 Å². The number of nitrogens with zero attached hydrogens (tertiary/aromatic N) is 2. The van der Waals surface area contributed by atoms with Gasteiger partial charge in [-0.2, -0.15) is 0 Å². The van der Waals surface area contributed by atoms with Crippen molar-refractivity contribution in [2.75, 3.05) is 14.1 Å². The van der Waals surface area contributed by atoms with Gasteiger partial charge in [0.15, 0.2) is 14.3 Å². The van der Waals surface area contributed by atoms with E-state index in [4.69, 9.17) is 9.47 Å². The van der Waals surface area contributed by atoms with Crippen LogP contribution in [0.5, 0.6) is 23.0 Å². The predicted octanol–water partition coefficient (Wildman–Crippen LogP) is 7.45. The first-order valence-electron chi connectivity index (χ1n) is 17.5. The molecule has 0 bridgehead atoms. The van der Waals surface area contributed by atoms with Crippen LogP contribution in [0.25, 0.3) is 0 Å². The molecule has 0 amide bonds. The topological polar surface area (TPSA) is 89.4 Å². The maximum absolute atomic E-state index is 15.3. The highest BCUT2D eigenvalue weighted by atomic mass is 31.2. The standard InChI is InChI=1S/C44H39N3O4P2/c1-27-7-19-35-39(23-27)52(48,40-24-28(2)8-20-36(40)50-35)33-15-11-31(12-16-33)43(45-5)47-44(46-6)32-13-17-34(18-14-32)53(49)41-25-29(3)9-21-37(41)51-38-22-10-30(4)26-42(38)53/h7-26H,1-6H3,(H,45,46,47). The van der Waals surface area contributed by atoms with Crippen molar-refractivity contribution in [3.8, 4) is 23.0 Å². The Hall–Kier alpha value is -5.48. The number of ether oxygens (including phenoxy) is 2. The molecule has 53 heavy (non-hydrogen) atoms. The first-order chi connectivity index (χ1) is 25.5. The second-order valence-corrected chi connectivity index (χ2v) is 19.1. The van der Waals surface area contributed by atoms with Gasteiger partial charge in [-0.1, -0.05) is 95.1 Å². The van der Waals surface area contributed by atoms with Gasteiger partial charge in [0.2, 0.25) is 0 Å². The summed E-state index contributed by atoms with van der Waals surface area (Å²) in [5.41, 5.74) is 5.70. The van der Waals surface area contributed by atoms with Gasteiger partial charge in [-0.05, 0) is 76.2 Å². The quantitative estimate of drug-likeness (QED) is 0.115. The van der Waals surface area contributed by atoms with Crippen LogP contribution in [-0.2, 0) is 9.13 Å². The van der Waals surface area contributed by atoms with Crippen molar-refractivity contribution in [2.45, 2.75) is 27.7 Å². The third kappa shape index (κ3) is 5.76. The third-order valence-corrected chi connectivity index (χ3v) is 16.1. The van der Waals surface area contributed by atoms with Crippen molar-refractivity contribution >= 4 is 57.8 Å². The van der Waals surface area contributed by atoms with E-state index >= 15 is 9.13 Å². The average molecular weight is 736 g/mol. The molecule has 0 aliphatic carbocycles. The van der Waals surface area contributed by atoms with Crippen molar-refractivity contribution < 1.29 is 18.6 Å². The lowest BCUT2D eigenvalue weighted by molar-refractivity contribution is 0.484. The maximum Gasteiger partial charge on any atom is 0.178 e. The fourth-order valence-corrected chi connectivity index (χ4v) is 13.2. The van der Waals surface area contributed by atoms with Crippen molar-refractivity contribution in [2.24, 2.45) is 9.98 Å². The van der Waals surface area contributed by atoms with Crippen molar-refractivity contribution in [1.82, 2.24) is 5.32 Å². The summed E-state index contributed by atoms with van der Waals surface area (Å²) in [5, 5.41) is 7.67. The molecule has 0 saturated carbocycles. The summed E-state index contributed by atoms with van der Waals surface area (Å²) in [6.45, 7) is 8.00. The molecule has 0 spiro atoms. The molecular weight excluding hydrogens is 696 g/mol. The van der Waals surface area contributed by atoms with E-state index in [1.807, 2.05) is 149 Å². The number of nitrogens with one attached hydrogen (secondary N) is 1. The fraction of sp³-hybridized carbons (Fsp3) is 0.136. The number of aliphatic imine (C=N–C) groups is 2. The highest BCUT2D eigenvalue weighted by Gasteiger charge is 2.41. The first kappa shape index (κ1) is 34.6. The fourth-order valence-electron chi connectivity index (χ4n) is 7.18. The lowest BCUT2D eigenvalue weighted by Gasteiger charge is -2.29. The van der Waals surface area contributed by atoms with Crippen LogP contribution in [0, 0.1) is 27.7 Å². The summed E-state index contributed by atoms with van der Waals surface area (Å²) in [4.78, 5) is 9.14. The van der Waals surface area contributed by atoms with E-state index in [0.29, 0.717) is 55.9 Å². The van der Waals surface area contributed by atoms with E-state index in [0.717, 1.165) is 44.0 Å². The van der Waals surface area contributed by atoms with E-state index in [2.05, 4.69) is 15.3 Å². The zero-order valence-electron chi connectivity index (χ0n) is 30.5. The van der Waals surface area contributed by atoms with Crippen LogP contribution in [0.3, 0.4) is 0 Å². The van der Waals surface area contributed by atoms with Gasteiger partial charge < -0.3 is 23.9 Å². The highest BCUT2D eigenvalue weighted by Crippen LogP contribution is 2.53. The normalized spacial score (nSPS) is 15.2. The monoisotopic (exact) mass is 735 g/mol. The van der Waals surface area contributed by atoms with Crippen molar-refractivity contribution in [3.05, 3.63) is 155 Å².